The molecule has 17 heavy (non-hydrogen) atoms. The number of carbonyl (C=O) groups is 1. The Morgan fingerprint density at radius 3 is 1.94 bits per heavy atom. The van der Waals surface area contributed by atoms with Crippen LogP contribution in [0.3, 0.4) is 0 Å². The van der Waals surface area contributed by atoms with Gasteiger partial charge in [-0.25, -0.2) is 4.79 Å². The molecule has 0 radical (unpaired) electrons. The van der Waals surface area contributed by atoms with Gasteiger partial charge in [0.2, 0.25) is 0 Å². The van der Waals surface area contributed by atoms with Crippen LogP contribution >= 0.6 is 0 Å². The van der Waals surface area contributed by atoms with Crippen molar-refractivity contribution in [3.05, 3.63) is 0 Å². The SMILES string of the molecule is CCCCCCC(CCC)(CCC)OC(=O)O. The zero-order chi connectivity index (χ0) is 13.1. The zero-order valence-electron chi connectivity index (χ0n) is 11.6. The maximum atomic E-state index is 10.8. The van der Waals surface area contributed by atoms with Crippen LogP contribution in [0, 0.1) is 0 Å². The third kappa shape index (κ3) is 7.24. The molecule has 0 aliphatic heterocycles. The van der Waals surface area contributed by atoms with E-state index < -0.39 is 11.8 Å². The van der Waals surface area contributed by atoms with E-state index in [2.05, 4.69) is 20.8 Å². The molecule has 0 saturated heterocycles. The van der Waals surface area contributed by atoms with Crippen LogP contribution < -0.4 is 0 Å². The van der Waals surface area contributed by atoms with Crippen molar-refractivity contribution in [1.29, 1.82) is 0 Å². The van der Waals surface area contributed by atoms with E-state index in [1.165, 1.54) is 19.3 Å². The summed E-state index contributed by atoms with van der Waals surface area (Å²) in [5, 5.41) is 8.88. The Morgan fingerprint density at radius 1 is 0.941 bits per heavy atom. The maximum Gasteiger partial charge on any atom is 0.506 e. The van der Waals surface area contributed by atoms with Crippen LogP contribution in [0.25, 0.3) is 0 Å². The van der Waals surface area contributed by atoms with Crippen LogP contribution in [-0.4, -0.2) is 16.9 Å². The average molecular weight is 244 g/mol. The Balaban J connectivity index is 4.36. The summed E-state index contributed by atoms with van der Waals surface area (Å²) in [6.45, 7) is 6.35. The highest BCUT2D eigenvalue weighted by atomic mass is 16.7. The van der Waals surface area contributed by atoms with Gasteiger partial charge in [-0.05, 0) is 25.7 Å². The molecule has 0 heterocycles. The molecule has 3 heteroatoms. The van der Waals surface area contributed by atoms with E-state index in [9.17, 15) is 4.79 Å². The molecule has 1 N–H and O–H groups in total. The number of rotatable bonds is 10. The quantitative estimate of drug-likeness (QED) is 0.435. The normalized spacial score (nSPS) is 11.5. The van der Waals surface area contributed by atoms with Gasteiger partial charge in [-0.3, -0.25) is 0 Å². The Morgan fingerprint density at radius 2 is 1.53 bits per heavy atom. The Bertz CT molecular complexity index is 196. The summed E-state index contributed by atoms with van der Waals surface area (Å²) in [6.07, 6.45) is 8.06. The van der Waals surface area contributed by atoms with Crippen LogP contribution in [0.2, 0.25) is 0 Å². The van der Waals surface area contributed by atoms with Crippen molar-refractivity contribution in [1.82, 2.24) is 0 Å². The minimum absolute atomic E-state index is 0.428. The number of unbranched alkanes of at least 4 members (excludes halogenated alkanes) is 3. The summed E-state index contributed by atoms with van der Waals surface area (Å²) in [6, 6.07) is 0. The van der Waals surface area contributed by atoms with Crippen molar-refractivity contribution in [3.8, 4) is 0 Å². The fourth-order valence-electron chi connectivity index (χ4n) is 2.50. The molecule has 0 aromatic heterocycles. The monoisotopic (exact) mass is 244 g/mol. The van der Waals surface area contributed by atoms with Gasteiger partial charge in [-0.1, -0.05) is 52.9 Å². The van der Waals surface area contributed by atoms with E-state index in [0.717, 1.165) is 38.5 Å². The van der Waals surface area contributed by atoms with Crippen molar-refractivity contribution in [3.63, 3.8) is 0 Å². The van der Waals surface area contributed by atoms with Crippen molar-refractivity contribution >= 4 is 6.16 Å². The molecule has 0 aromatic rings. The minimum Gasteiger partial charge on any atom is -0.450 e. The third-order valence-electron chi connectivity index (χ3n) is 3.20. The van der Waals surface area contributed by atoms with Crippen LogP contribution in [0.4, 0.5) is 4.79 Å². The molecule has 0 unspecified atom stereocenters. The largest absolute Gasteiger partial charge is 0.506 e. The molecule has 0 amide bonds. The second-order valence-corrected chi connectivity index (χ2v) is 4.86. The van der Waals surface area contributed by atoms with E-state index in [4.69, 9.17) is 9.84 Å². The van der Waals surface area contributed by atoms with Crippen molar-refractivity contribution in [2.75, 3.05) is 0 Å². The van der Waals surface area contributed by atoms with Gasteiger partial charge in [0, 0.05) is 0 Å². The minimum atomic E-state index is -1.12. The lowest BCUT2D eigenvalue weighted by Gasteiger charge is -2.32. The van der Waals surface area contributed by atoms with E-state index >= 15 is 0 Å². The second kappa shape index (κ2) is 9.32. The van der Waals surface area contributed by atoms with Crippen molar-refractivity contribution in [2.45, 2.75) is 84.2 Å². The molecule has 102 valence electrons. The van der Waals surface area contributed by atoms with E-state index in [1.807, 2.05) is 0 Å². The predicted molar refractivity (Wildman–Crippen MR) is 70.4 cm³/mol. The molecule has 0 fully saturated rings. The summed E-state index contributed by atoms with van der Waals surface area (Å²) in [5.41, 5.74) is -0.428. The highest BCUT2D eigenvalue weighted by molar-refractivity contribution is 5.57. The molecular formula is C14H28O3. The lowest BCUT2D eigenvalue weighted by atomic mass is 9.87. The van der Waals surface area contributed by atoms with Gasteiger partial charge in [0.05, 0.1) is 0 Å². The van der Waals surface area contributed by atoms with Gasteiger partial charge in [0.1, 0.15) is 5.60 Å². The fourth-order valence-corrected chi connectivity index (χ4v) is 2.50. The Hall–Kier alpha value is -0.730. The summed E-state index contributed by atoms with van der Waals surface area (Å²) >= 11 is 0. The van der Waals surface area contributed by atoms with Gasteiger partial charge in [0.25, 0.3) is 0 Å². The second-order valence-electron chi connectivity index (χ2n) is 4.86. The first kappa shape index (κ1) is 16.3. The average Bonchev–Trinajstić information content (AvgIpc) is 2.24. The maximum absolute atomic E-state index is 10.8. The lowest BCUT2D eigenvalue weighted by molar-refractivity contribution is -0.0375. The Labute approximate surface area is 106 Å². The highest BCUT2D eigenvalue weighted by Crippen LogP contribution is 2.30. The van der Waals surface area contributed by atoms with Gasteiger partial charge in [0.15, 0.2) is 0 Å². The molecule has 0 atom stereocenters. The third-order valence-corrected chi connectivity index (χ3v) is 3.20. The fraction of sp³-hybridized carbons (Fsp3) is 0.929. The number of hydrogen-bond donors (Lipinski definition) is 1. The zero-order valence-corrected chi connectivity index (χ0v) is 11.6. The molecule has 0 saturated carbocycles. The highest BCUT2D eigenvalue weighted by Gasteiger charge is 2.31. The van der Waals surface area contributed by atoms with Crippen molar-refractivity contribution < 1.29 is 14.6 Å². The lowest BCUT2D eigenvalue weighted by Crippen LogP contribution is -2.34. The van der Waals surface area contributed by atoms with Gasteiger partial charge < -0.3 is 9.84 Å². The van der Waals surface area contributed by atoms with E-state index in [0.29, 0.717) is 0 Å². The topological polar surface area (TPSA) is 46.5 Å². The van der Waals surface area contributed by atoms with Crippen LogP contribution in [0.15, 0.2) is 0 Å². The Kier molecular flexibility index (Phi) is 8.92. The number of carboxylic acid groups (broad SMARTS) is 1. The van der Waals surface area contributed by atoms with Crippen LogP contribution in [0.1, 0.15) is 78.6 Å². The number of hydrogen-bond acceptors (Lipinski definition) is 2. The van der Waals surface area contributed by atoms with Gasteiger partial charge in [-0.2, -0.15) is 0 Å². The standard InChI is InChI=1S/C14H28O3/c1-4-7-8-9-12-14(10-5-2,11-6-3)17-13(15)16/h4-12H2,1-3H3,(H,15,16). The molecule has 0 rings (SSSR count). The molecule has 0 aliphatic carbocycles. The van der Waals surface area contributed by atoms with E-state index in [1.54, 1.807) is 0 Å². The summed E-state index contributed by atoms with van der Waals surface area (Å²) < 4.78 is 5.22. The summed E-state index contributed by atoms with van der Waals surface area (Å²) in [5.74, 6) is 0. The van der Waals surface area contributed by atoms with Gasteiger partial charge >= 0.3 is 6.16 Å². The molecule has 0 aliphatic rings. The summed E-state index contributed by atoms with van der Waals surface area (Å²) in [7, 11) is 0. The first-order valence-corrected chi connectivity index (χ1v) is 7.02. The molecular weight excluding hydrogens is 216 g/mol. The van der Waals surface area contributed by atoms with Crippen LogP contribution in [-0.2, 0) is 4.74 Å². The van der Waals surface area contributed by atoms with Crippen molar-refractivity contribution in [2.24, 2.45) is 0 Å². The first-order valence-electron chi connectivity index (χ1n) is 7.02. The molecule has 0 aromatic carbocycles. The van der Waals surface area contributed by atoms with Gasteiger partial charge in [-0.15, -0.1) is 0 Å². The molecule has 0 bridgehead atoms. The number of ether oxygens (including phenoxy) is 1. The molecule has 3 nitrogen and oxygen atoms in total. The van der Waals surface area contributed by atoms with Crippen LogP contribution in [0.5, 0.6) is 0 Å². The molecule has 0 spiro atoms. The van der Waals surface area contributed by atoms with E-state index in [-0.39, 0.29) is 0 Å². The smallest absolute Gasteiger partial charge is 0.450 e. The predicted octanol–water partition coefficient (Wildman–Crippen LogP) is 4.99. The summed E-state index contributed by atoms with van der Waals surface area (Å²) in [4.78, 5) is 10.8. The first-order chi connectivity index (χ1) is 8.10.